The number of hydrogen-bond donors (Lipinski definition) is 1. The smallest absolute Gasteiger partial charge is 0.271 e. The molecule has 1 aliphatic carbocycles. The number of imidazole rings is 1. The third kappa shape index (κ3) is 3.95. The largest absolute Gasteiger partial charge is 0.348 e. The van der Waals surface area contributed by atoms with Gasteiger partial charge in [0.2, 0.25) is 0 Å². The summed E-state index contributed by atoms with van der Waals surface area (Å²) in [6.45, 7) is 4.02. The summed E-state index contributed by atoms with van der Waals surface area (Å²) in [6.07, 6.45) is 10.7. The summed E-state index contributed by atoms with van der Waals surface area (Å²) in [6, 6.07) is 3.95. The number of nitrogens with one attached hydrogen (secondary N) is 1. The van der Waals surface area contributed by atoms with E-state index in [-0.39, 0.29) is 17.9 Å². The third-order valence-electron chi connectivity index (χ3n) is 4.97. The van der Waals surface area contributed by atoms with Gasteiger partial charge in [0.25, 0.3) is 11.8 Å². The number of pyridine rings is 1. The average molecular weight is 380 g/mol. The highest BCUT2D eigenvalue weighted by Crippen LogP contribution is 2.20. The Morgan fingerprint density at radius 1 is 1.21 bits per heavy atom. The summed E-state index contributed by atoms with van der Waals surface area (Å²) in [5.74, 6) is 1.85. The van der Waals surface area contributed by atoms with Crippen molar-refractivity contribution in [3.8, 4) is 17.3 Å². The number of nitrogens with zero attached hydrogens (tertiary/aromatic N) is 5. The lowest BCUT2D eigenvalue weighted by Gasteiger charge is -2.22. The van der Waals surface area contributed by atoms with E-state index in [1.165, 1.54) is 19.3 Å². The lowest BCUT2D eigenvalue weighted by atomic mass is 9.95. The second kappa shape index (κ2) is 7.92. The van der Waals surface area contributed by atoms with Crippen LogP contribution in [-0.4, -0.2) is 36.6 Å². The Balaban J connectivity index is 1.45. The maximum atomic E-state index is 12.4. The van der Waals surface area contributed by atoms with Crippen LogP contribution >= 0.6 is 0 Å². The van der Waals surface area contributed by atoms with E-state index in [1.807, 2.05) is 26.0 Å². The van der Waals surface area contributed by atoms with Crippen molar-refractivity contribution in [3.05, 3.63) is 42.4 Å². The lowest BCUT2D eigenvalue weighted by Crippen LogP contribution is -2.36. The highest BCUT2D eigenvalue weighted by atomic mass is 16.5. The molecule has 0 unspecified atom stereocenters. The van der Waals surface area contributed by atoms with Crippen molar-refractivity contribution in [1.29, 1.82) is 0 Å². The molecule has 3 aromatic heterocycles. The maximum absolute atomic E-state index is 12.4. The van der Waals surface area contributed by atoms with Gasteiger partial charge >= 0.3 is 0 Å². The molecule has 0 aliphatic heterocycles. The Kier molecular flexibility index (Phi) is 5.18. The van der Waals surface area contributed by atoms with Gasteiger partial charge in [0.1, 0.15) is 17.8 Å². The monoisotopic (exact) mass is 380 g/mol. The third-order valence-corrected chi connectivity index (χ3v) is 4.97. The summed E-state index contributed by atoms with van der Waals surface area (Å²) in [5.41, 5.74) is 1.15. The average Bonchev–Trinajstić information content (AvgIpc) is 3.39. The van der Waals surface area contributed by atoms with Gasteiger partial charge in [-0.25, -0.2) is 9.97 Å². The molecule has 3 heterocycles. The van der Waals surface area contributed by atoms with Crippen LogP contribution in [0.5, 0.6) is 0 Å². The molecular formula is C20H24N6O2. The van der Waals surface area contributed by atoms with Gasteiger partial charge in [-0.2, -0.15) is 4.98 Å². The molecule has 3 aromatic rings. The highest BCUT2D eigenvalue weighted by Gasteiger charge is 2.18. The van der Waals surface area contributed by atoms with E-state index in [2.05, 4.69) is 25.4 Å². The van der Waals surface area contributed by atoms with Crippen LogP contribution in [0.4, 0.5) is 0 Å². The van der Waals surface area contributed by atoms with Gasteiger partial charge in [-0.15, -0.1) is 0 Å². The zero-order valence-electron chi connectivity index (χ0n) is 16.1. The molecule has 0 bridgehead atoms. The molecule has 1 fully saturated rings. The van der Waals surface area contributed by atoms with E-state index in [0.717, 1.165) is 18.4 Å². The van der Waals surface area contributed by atoms with Crippen LogP contribution < -0.4 is 5.32 Å². The molecule has 8 heteroatoms. The van der Waals surface area contributed by atoms with Crippen molar-refractivity contribution in [2.24, 2.45) is 0 Å². The minimum absolute atomic E-state index is 0.130. The standard InChI is InChI=1S/C20H24N6O2/c1-13(2)18-24-20(28-25-18)14-8-9-17(21-10-14)26-11-16(22-12-26)19(27)23-15-6-4-3-5-7-15/h8-13,15H,3-7H2,1-2H3,(H,23,27). The summed E-state index contributed by atoms with van der Waals surface area (Å²) >= 11 is 0. The molecule has 0 radical (unpaired) electrons. The first-order chi connectivity index (χ1) is 13.6. The van der Waals surface area contributed by atoms with Crippen LogP contribution in [0.2, 0.25) is 0 Å². The van der Waals surface area contributed by atoms with Crippen LogP contribution in [0.25, 0.3) is 17.3 Å². The normalized spacial score (nSPS) is 15.1. The van der Waals surface area contributed by atoms with E-state index in [1.54, 1.807) is 23.3 Å². The van der Waals surface area contributed by atoms with Crippen LogP contribution in [0.3, 0.4) is 0 Å². The molecule has 0 saturated heterocycles. The van der Waals surface area contributed by atoms with Crippen LogP contribution in [0, 0.1) is 0 Å². The SMILES string of the molecule is CC(C)c1noc(-c2ccc(-n3cnc(C(=O)NC4CCCCC4)c3)nc2)n1. The minimum atomic E-state index is -0.130. The first-order valence-electron chi connectivity index (χ1n) is 9.75. The van der Waals surface area contributed by atoms with Crippen molar-refractivity contribution in [1.82, 2.24) is 30.0 Å². The molecule has 0 spiro atoms. The Morgan fingerprint density at radius 2 is 2.04 bits per heavy atom. The maximum Gasteiger partial charge on any atom is 0.271 e. The molecule has 4 rings (SSSR count). The Labute approximate surface area is 163 Å². The zero-order chi connectivity index (χ0) is 19.5. The van der Waals surface area contributed by atoms with E-state index >= 15 is 0 Å². The first kappa shape index (κ1) is 18.3. The van der Waals surface area contributed by atoms with Crippen molar-refractivity contribution in [2.75, 3.05) is 0 Å². The Morgan fingerprint density at radius 3 is 2.71 bits per heavy atom. The molecular weight excluding hydrogens is 356 g/mol. The number of aromatic nitrogens is 5. The van der Waals surface area contributed by atoms with Crippen LogP contribution in [0.15, 0.2) is 35.4 Å². The number of carbonyl (C=O) groups is 1. The van der Waals surface area contributed by atoms with Crippen molar-refractivity contribution < 1.29 is 9.32 Å². The molecule has 0 aromatic carbocycles. The topological polar surface area (TPSA) is 98.7 Å². The molecule has 1 N–H and O–H groups in total. The molecule has 0 atom stereocenters. The molecule has 146 valence electrons. The van der Waals surface area contributed by atoms with E-state index in [4.69, 9.17) is 4.52 Å². The van der Waals surface area contributed by atoms with Crippen molar-refractivity contribution in [3.63, 3.8) is 0 Å². The lowest BCUT2D eigenvalue weighted by molar-refractivity contribution is 0.0923. The van der Waals surface area contributed by atoms with Gasteiger partial charge in [-0.3, -0.25) is 9.36 Å². The number of carbonyl (C=O) groups excluding carboxylic acids is 1. The number of rotatable bonds is 5. The van der Waals surface area contributed by atoms with Crippen LogP contribution in [0.1, 0.15) is 68.2 Å². The number of amides is 1. The fraction of sp³-hybridized carbons (Fsp3) is 0.450. The first-order valence-corrected chi connectivity index (χ1v) is 9.75. The quantitative estimate of drug-likeness (QED) is 0.727. The molecule has 1 amide bonds. The second-order valence-corrected chi connectivity index (χ2v) is 7.49. The summed E-state index contributed by atoms with van der Waals surface area (Å²) in [5, 5.41) is 7.05. The fourth-order valence-corrected chi connectivity index (χ4v) is 3.32. The van der Waals surface area contributed by atoms with Gasteiger partial charge in [-0.1, -0.05) is 38.3 Å². The summed E-state index contributed by atoms with van der Waals surface area (Å²) in [4.78, 5) is 25.5. The van der Waals surface area contributed by atoms with Gasteiger partial charge in [-0.05, 0) is 25.0 Å². The van der Waals surface area contributed by atoms with Gasteiger partial charge in [0, 0.05) is 24.4 Å². The van der Waals surface area contributed by atoms with Crippen molar-refractivity contribution in [2.45, 2.75) is 57.9 Å². The van der Waals surface area contributed by atoms with Gasteiger partial charge < -0.3 is 9.84 Å². The highest BCUT2D eigenvalue weighted by molar-refractivity contribution is 5.92. The van der Waals surface area contributed by atoms with E-state index in [9.17, 15) is 4.79 Å². The number of hydrogen-bond acceptors (Lipinski definition) is 6. The molecule has 8 nitrogen and oxygen atoms in total. The summed E-state index contributed by atoms with van der Waals surface area (Å²) in [7, 11) is 0. The minimum Gasteiger partial charge on any atom is -0.348 e. The van der Waals surface area contributed by atoms with Crippen LogP contribution in [-0.2, 0) is 0 Å². The van der Waals surface area contributed by atoms with E-state index in [0.29, 0.717) is 23.2 Å². The van der Waals surface area contributed by atoms with E-state index < -0.39 is 0 Å². The van der Waals surface area contributed by atoms with Crippen molar-refractivity contribution >= 4 is 5.91 Å². The second-order valence-electron chi connectivity index (χ2n) is 7.49. The molecule has 1 saturated carbocycles. The summed E-state index contributed by atoms with van der Waals surface area (Å²) < 4.78 is 7.02. The fourth-order valence-electron chi connectivity index (χ4n) is 3.32. The van der Waals surface area contributed by atoms with Gasteiger partial charge in [0.15, 0.2) is 5.82 Å². The predicted octanol–water partition coefficient (Wildman–Crippen LogP) is 3.50. The molecule has 1 aliphatic rings. The zero-order valence-corrected chi connectivity index (χ0v) is 16.1. The Bertz CT molecular complexity index is 938. The van der Waals surface area contributed by atoms with Gasteiger partial charge in [0.05, 0.1) is 5.56 Å². The predicted molar refractivity (Wildman–Crippen MR) is 103 cm³/mol. The molecule has 28 heavy (non-hydrogen) atoms. The Hall–Kier alpha value is -3.03.